The van der Waals surface area contributed by atoms with Gasteiger partial charge in [-0.2, -0.15) is 0 Å². The first kappa shape index (κ1) is 21.7. The molecule has 162 valence electrons. The fourth-order valence-corrected chi connectivity index (χ4v) is 3.77. The standard InChI is InChI=1S/C26H23ClN2O3/c1-16-4-7-18(8-5-16)15-29-25(30)23(19-9-12-21(32-3)13-10-19)24(26(29)31)28-22-14-20(27)11-6-17(22)2/h4-14,28H,15H2,1-3H3. The van der Waals surface area contributed by atoms with E-state index < -0.39 is 0 Å². The maximum atomic E-state index is 13.4. The third-order valence-electron chi connectivity index (χ3n) is 5.47. The van der Waals surface area contributed by atoms with Gasteiger partial charge in [-0.25, -0.2) is 0 Å². The van der Waals surface area contributed by atoms with Crippen LogP contribution in [0.1, 0.15) is 22.3 Å². The van der Waals surface area contributed by atoms with Crippen LogP contribution in [0, 0.1) is 13.8 Å². The Morgan fingerprint density at radius 2 is 1.59 bits per heavy atom. The number of methoxy groups -OCH3 is 1. The topological polar surface area (TPSA) is 58.6 Å². The molecule has 6 heteroatoms. The number of nitrogens with one attached hydrogen (secondary N) is 1. The Labute approximate surface area is 192 Å². The smallest absolute Gasteiger partial charge is 0.278 e. The third-order valence-corrected chi connectivity index (χ3v) is 5.70. The summed E-state index contributed by atoms with van der Waals surface area (Å²) >= 11 is 6.17. The molecular weight excluding hydrogens is 424 g/mol. The normalized spacial score (nSPS) is 13.7. The van der Waals surface area contributed by atoms with Crippen molar-refractivity contribution in [2.75, 3.05) is 12.4 Å². The number of anilines is 1. The lowest BCUT2D eigenvalue weighted by molar-refractivity contribution is -0.137. The summed E-state index contributed by atoms with van der Waals surface area (Å²) in [6.07, 6.45) is 0. The van der Waals surface area contributed by atoms with Crippen molar-refractivity contribution in [2.24, 2.45) is 0 Å². The average molecular weight is 447 g/mol. The number of benzene rings is 3. The lowest BCUT2D eigenvalue weighted by atomic mass is 10.0. The molecule has 4 rings (SSSR count). The van der Waals surface area contributed by atoms with Crippen LogP contribution in [0.3, 0.4) is 0 Å². The number of nitrogens with zero attached hydrogens (tertiary/aromatic N) is 1. The van der Waals surface area contributed by atoms with Crippen LogP contribution in [-0.4, -0.2) is 23.8 Å². The molecule has 0 unspecified atom stereocenters. The Hall–Kier alpha value is -3.57. The van der Waals surface area contributed by atoms with Crippen molar-refractivity contribution in [1.29, 1.82) is 0 Å². The second-order valence-electron chi connectivity index (χ2n) is 7.74. The van der Waals surface area contributed by atoms with E-state index in [9.17, 15) is 9.59 Å². The van der Waals surface area contributed by atoms with Crippen molar-refractivity contribution in [1.82, 2.24) is 4.90 Å². The number of hydrogen-bond donors (Lipinski definition) is 1. The first-order valence-electron chi connectivity index (χ1n) is 10.2. The summed E-state index contributed by atoms with van der Waals surface area (Å²) in [6.45, 7) is 4.10. The van der Waals surface area contributed by atoms with Crippen LogP contribution in [0.5, 0.6) is 5.75 Å². The van der Waals surface area contributed by atoms with E-state index in [1.807, 2.05) is 44.2 Å². The summed E-state index contributed by atoms with van der Waals surface area (Å²) in [5.74, 6) is -0.0495. The quantitative estimate of drug-likeness (QED) is 0.518. The van der Waals surface area contributed by atoms with E-state index in [0.29, 0.717) is 27.6 Å². The first-order valence-corrected chi connectivity index (χ1v) is 10.6. The van der Waals surface area contributed by atoms with Crippen LogP contribution in [-0.2, 0) is 16.1 Å². The van der Waals surface area contributed by atoms with Gasteiger partial charge in [0.15, 0.2) is 0 Å². The number of ether oxygens (including phenoxy) is 1. The van der Waals surface area contributed by atoms with Gasteiger partial charge in [-0.1, -0.05) is 59.6 Å². The fourth-order valence-electron chi connectivity index (χ4n) is 3.60. The Kier molecular flexibility index (Phi) is 6.01. The van der Waals surface area contributed by atoms with E-state index in [2.05, 4.69) is 5.32 Å². The van der Waals surface area contributed by atoms with Crippen molar-refractivity contribution in [3.63, 3.8) is 0 Å². The Morgan fingerprint density at radius 1 is 0.906 bits per heavy atom. The Balaban J connectivity index is 1.76. The molecule has 5 nitrogen and oxygen atoms in total. The maximum Gasteiger partial charge on any atom is 0.278 e. The second kappa shape index (κ2) is 8.89. The monoisotopic (exact) mass is 446 g/mol. The first-order chi connectivity index (χ1) is 15.4. The van der Waals surface area contributed by atoms with Crippen LogP contribution in [0.2, 0.25) is 5.02 Å². The third kappa shape index (κ3) is 4.25. The highest BCUT2D eigenvalue weighted by Crippen LogP contribution is 2.33. The minimum Gasteiger partial charge on any atom is -0.497 e. The molecule has 3 aromatic rings. The number of carbonyl (C=O) groups excluding carboxylic acids is 2. The molecule has 0 aromatic heterocycles. The molecule has 0 fully saturated rings. The molecule has 2 amide bonds. The highest BCUT2D eigenvalue weighted by molar-refractivity contribution is 6.36. The zero-order valence-corrected chi connectivity index (χ0v) is 18.9. The summed E-state index contributed by atoms with van der Waals surface area (Å²) in [4.78, 5) is 28.1. The van der Waals surface area contributed by atoms with Gasteiger partial charge in [0.05, 0.1) is 19.2 Å². The molecule has 0 aliphatic carbocycles. The van der Waals surface area contributed by atoms with Crippen molar-refractivity contribution in [3.05, 3.63) is 99.7 Å². The van der Waals surface area contributed by atoms with Gasteiger partial charge in [0.25, 0.3) is 11.8 Å². The van der Waals surface area contributed by atoms with E-state index in [1.54, 1.807) is 43.5 Å². The van der Waals surface area contributed by atoms with Gasteiger partial charge in [0, 0.05) is 10.7 Å². The number of rotatable bonds is 6. The number of amides is 2. The summed E-state index contributed by atoms with van der Waals surface area (Å²) < 4.78 is 5.23. The van der Waals surface area contributed by atoms with Crippen LogP contribution in [0.15, 0.2) is 72.4 Å². The van der Waals surface area contributed by atoms with Crippen LogP contribution in [0.4, 0.5) is 5.69 Å². The Morgan fingerprint density at radius 3 is 2.25 bits per heavy atom. The summed E-state index contributed by atoms with van der Waals surface area (Å²) in [7, 11) is 1.58. The molecule has 1 N–H and O–H groups in total. The minimum absolute atomic E-state index is 0.192. The van der Waals surface area contributed by atoms with Crippen molar-refractivity contribution >= 4 is 34.7 Å². The molecule has 32 heavy (non-hydrogen) atoms. The minimum atomic E-state index is -0.374. The van der Waals surface area contributed by atoms with E-state index in [1.165, 1.54) is 4.90 Å². The lowest BCUT2D eigenvalue weighted by Gasteiger charge is -2.16. The molecular formula is C26H23ClN2O3. The van der Waals surface area contributed by atoms with Crippen molar-refractivity contribution < 1.29 is 14.3 Å². The molecule has 1 aliphatic rings. The van der Waals surface area contributed by atoms with Gasteiger partial charge in [0.1, 0.15) is 11.4 Å². The molecule has 0 atom stereocenters. The summed E-state index contributed by atoms with van der Waals surface area (Å²) in [5.41, 5.74) is 4.78. The van der Waals surface area contributed by atoms with E-state index in [-0.39, 0.29) is 24.1 Å². The highest BCUT2D eigenvalue weighted by Gasteiger charge is 2.39. The predicted octanol–water partition coefficient (Wildman–Crippen LogP) is 5.36. The van der Waals surface area contributed by atoms with Crippen LogP contribution < -0.4 is 10.1 Å². The van der Waals surface area contributed by atoms with Gasteiger partial charge in [0.2, 0.25) is 0 Å². The molecule has 1 heterocycles. The van der Waals surface area contributed by atoms with Crippen molar-refractivity contribution in [2.45, 2.75) is 20.4 Å². The van der Waals surface area contributed by atoms with Gasteiger partial charge >= 0.3 is 0 Å². The zero-order valence-electron chi connectivity index (χ0n) is 18.1. The van der Waals surface area contributed by atoms with Crippen molar-refractivity contribution in [3.8, 4) is 5.75 Å². The number of carbonyl (C=O) groups is 2. The number of aryl methyl sites for hydroxylation is 2. The molecule has 3 aromatic carbocycles. The predicted molar refractivity (Wildman–Crippen MR) is 126 cm³/mol. The van der Waals surface area contributed by atoms with E-state index >= 15 is 0 Å². The molecule has 0 saturated carbocycles. The SMILES string of the molecule is COc1ccc(C2=C(Nc3cc(Cl)ccc3C)C(=O)N(Cc3ccc(C)cc3)C2=O)cc1. The summed E-state index contributed by atoms with van der Waals surface area (Å²) in [6, 6.07) is 20.3. The van der Waals surface area contributed by atoms with Crippen LogP contribution in [0.25, 0.3) is 5.57 Å². The molecule has 0 radical (unpaired) electrons. The second-order valence-corrected chi connectivity index (χ2v) is 8.18. The largest absolute Gasteiger partial charge is 0.497 e. The molecule has 0 spiro atoms. The Bertz CT molecular complexity index is 1210. The van der Waals surface area contributed by atoms with Gasteiger partial charge < -0.3 is 10.1 Å². The lowest BCUT2D eigenvalue weighted by Crippen LogP contribution is -2.32. The molecule has 0 bridgehead atoms. The molecule has 0 saturated heterocycles. The number of imide groups is 1. The maximum absolute atomic E-state index is 13.4. The highest BCUT2D eigenvalue weighted by atomic mass is 35.5. The van der Waals surface area contributed by atoms with E-state index in [0.717, 1.165) is 16.7 Å². The fraction of sp³-hybridized carbons (Fsp3) is 0.154. The molecule has 1 aliphatic heterocycles. The van der Waals surface area contributed by atoms with Crippen LogP contribution >= 0.6 is 11.6 Å². The average Bonchev–Trinajstić information content (AvgIpc) is 3.02. The van der Waals surface area contributed by atoms with Gasteiger partial charge in [-0.05, 0) is 54.8 Å². The van der Waals surface area contributed by atoms with Gasteiger partial charge in [-0.3, -0.25) is 14.5 Å². The van der Waals surface area contributed by atoms with Gasteiger partial charge in [-0.15, -0.1) is 0 Å². The number of hydrogen-bond acceptors (Lipinski definition) is 4. The number of halogens is 1. The van der Waals surface area contributed by atoms with E-state index in [4.69, 9.17) is 16.3 Å². The zero-order chi connectivity index (χ0) is 22.8. The summed E-state index contributed by atoms with van der Waals surface area (Å²) in [5, 5.41) is 3.72.